The molecule has 0 atom stereocenters. The van der Waals surface area contributed by atoms with Gasteiger partial charge in [0.1, 0.15) is 15.9 Å². The van der Waals surface area contributed by atoms with E-state index in [0.29, 0.717) is 29.1 Å². The molecule has 0 saturated carbocycles. The van der Waals surface area contributed by atoms with Crippen LogP contribution in [0.2, 0.25) is 0 Å². The minimum absolute atomic E-state index is 0.130. The van der Waals surface area contributed by atoms with Gasteiger partial charge in [-0.1, -0.05) is 18.2 Å². The van der Waals surface area contributed by atoms with Gasteiger partial charge in [-0.05, 0) is 63.8 Å². The first-order valence-electron chi connectivity index (χ1n) is 9.90. The summed E-state index contributed by atoms with van der Waals surface area (Å²) in [4.78, 5) is 35.1. The van der Waals surface area contributed by atoms with Gasteiger partial charge < -0.3 is 0 Å². The number of nitrogens with zero attached hydrogens (tertiary/aromatic N) is 4. The molecule has 0 aliphatic carbocycles. The zero-order valence-corrected chi connectivity index (χ0v) is 18.4. The maximum Gasteiger partial charge on any atom is 0.434 e. The van der Waals surface area contributed by atoms with E-state index in [9.17, 15) is 22.8 Å². The number of carbonyl (C=O) groups excluding carboxylic acids is 1. The fourth-order valence-electron chi connectivity index (χ4n) is 3.91. The van der Waals surface area contributed by atoms with E-state index in [-0.39, 0.29) is 11.6 Å². The van der Waals surface area contributed by atoms with Crippen molar-refractivity contribution in [1.29, 1.82) is 0 Å². The molecule has 0 N–H and O–H groups in total. The van der Waals surface area contributed by atoms with Crippen LogP contribution in [0.4, 0.5) is 19.0 Å². The van der Waals surface area contributed by atoms with E-state index in [2.05, 4.69) is 25.9 Å². The number of rotatable bonds is 2. The van der Waals surface area contributed by atoms with Crippen LogP contribution in [0.3, 0.4) is 0 Å². The Balaban J connectivity index is 1.55. The van der Waals surface area contributed by atoms with Crippen LogP contribution >= 0.6 is 15.9 Å². The van der Waals surface area contributed by atoms with Crippen LogP contribution in [-0.2, 0) is 12.6 Å². The zero-order chi connectivity index (χ0) is 23.3. The maximum atomic E-state index is 13.4. The fourth-order valence-corrected chi connectivity index (χ4v) is 4.41. The Hall–Kier alpha value is -3.53. The van der Waals surface area contributed by atoms with Crippen molar-refractivity contribution in [1.82, 2.24) is 14.4 Å². The Kier molecular flexibility index (Phi) is 5.04. The number of alkyl halides is 3. The molecule has 4 aromatic rings. The molecule has 0 bridgehead atoms. The molecular weight excluding hydrogens is 501 g/mol. The highest BCUT2D eigenvalue weighted by Gasteiger charge is 2.37. The second-order valence-electron chi connectivity index (χ2n) is 7.46. The third-order valence-electron chi connectivity index (χ3n) is 5.48. The number of halogens is 4. The van der Waals surface area contributed by atoms with Crippen LogP contribution in [0.25, 0.3) is 16.8 Å². The lowest BCUT2D eigenvalue weighted by Crippen LogP contribution is -2.29. The van der Waals surface area contributed by atoms with Crippen molar-refractivity contribution in [2.75, 3.05) is 11.4 Å². The number of amides is 1. The van der Waals surface area contributed by atoms with Crippen molar-refractivity contribution < 1.29 is 18.0 Å². The second-order valence-corrected chi connectivity index (χ2v) is 8.26. The summed E-state index contributed by atoms with van der Waals surface area (Å²) < 4.78 is 40.6. The second kappa shape index (κ2) is 7.80. The van der Waals surface area contributed by atoms with Crippen molar-refractivity contribution >= 4 is 33.3 Å². The molecule has 0 radical (unpaired) electrons. The molecule has 10 heteroatoms. The van der Waals surface area contributed by atoms with Crippen LogP contribution in [-0.4, -0.2) is 26.8 Å². The molecule has 1 aliphatic heterocycles. The van der Waals surface area contributed by atoms with Crippen molar-refractivity contribution in [2.45, 2.75) is 12.6 Å². The average molecular weight is 515 g/mol. The normalized spacial score (nSPS) is 13.4. The van der Waals surface area contributed by atoms with Gasteiger partial charge in [-0.2, -0.15) is 13.2 Å². The van der Waals surface area contributed by atoms with E-state index < -0.39 is 21.9 Å². The van der Waals surface area contributed by atoms with Crippen molar-refractivity contribution in [2.24, 2.45) is 0 Å². The summed E-state index contributed by atoms with van der Waals surface area (Å²) >= 11 is 2.72. The number of carbonyl (C=O) groups is 1. The van der Waals surface area contributed by atoms with Gasteiger partial charge in [0.05, 0.1) is 0 Å². The highest BCUT2D eigenvalue weighted by atomic mass is 79.9. The highest BCUT2D eigenvalue weighted by Crippen LogP contribution is 2.33. The first-order chi connectivity index (χ1) is 15.8. The predicted octanol–water partition coefficient (Wildman–Crippen LogP) is 4.74. The molecule has 1 amide bonds. The lowest BCUT2D eigenvalue weighted by atomic mass is 10.0. The number of aromatic nitrogens is 3. The third-order valence-corrected chi connectivity index (χ3v) is 6.20. The molecule has 0 spiro atoms. The minimum atomic E-state index is -4.80. The molecule has 0 saturated heterocycles. The largest absolute Gasteiger partial charge is 0.434 e. The van der Waals surface area contributed by atoms with Crippen LogP contribution in [0, 0.1) is 0 Å². The summed E-state index contributed by atoms with van der Waals surface area (Å²) in [5.74, 6) is 0.420. The smallest absolute Gasteiger partial charge is 0.292 e. The van der Waals surface area contributed by atoms with E-state index >= 15 is 0 Å². The van der Waals surface area contributed by atoms with E-state index in [1.807, 2.05) is 12.1 Å². The van der Waals surface area contributed by atoms with Crippen LogP contribution in [0.15, 0.2) is 70.2 Å². The zero-order valence-electron chi connectivity index (χ0n) is 16.8. The van der Waals surface area contributed by atoms with Crippen LogP contribution < -0.4 is 10.5 Å². The topological polar surface area (TPSA) is 67.6 Å². The summed E-state index contributed by atoms with van der Waals surface area (Å²) in [6, 6.07) is 13.3. The highest BCUT2D eigenvalue weighted by molar-refractivity contribution is 9.10. The van der Waals surface area contributed by atoms with Gasteiger partial charge in [-0.25, -0.2) is 9.97 Å². The Morgan fingerprint density at radius 1 is 1.06 bits per heavy atom. The summed E-state index contributed by atoms with van der Waals surface area (Å²) in [6.45, 7) is 0.526. The Morgan fingerprint density at radius 3 is 2.55 bits per heavy atom. The predicted molar refractivity (Wildman–Crippen MR) is 119 cm³/mol. The monoisotopic (exact) mass is 514 g/mol. The molecule has 4 heterocycles. The molecule has 166 valence electrons. The van der Waals surface area contributed by atoms with Gasteiger partial charge >= 0.3 is 6.18 Å². The third kappa shape index (κ3) is 3.60. The number of fused-ring (bicyclic) bond motifs is 2. The van der Waals surface area contributed by atoms with Crippen molar-refractivity contribution in [3.63, 3.8) is 0 Å². The van der Waals surface area contributed by atoms with E-state index in [4.69, 9.17) is 0 Å². The summed E-state index contributed by atoms with van der Waals surface area (Å²) in [6.07, 6.45) is -1.08. The molecular formula is C23H14BrF3N4O2. The Labute approximate surface area is 193 Å². The Bertz CT molecular complexity index is 1470. The van der Waals surface area contributed by atoms with Crippen LogP contribution in [0.5, 0.6) is 0 Å². The number of pyridine rings is 2. The van der Waals surface area contributed by atoms with Gasteiger partial charge in [0.15, 0.2) is 5.69 Å². The summed E-state index contributed by atoms with van der Waals surface area (Å²) in [5, 5.41) is 0. The summed E-state index contributed by atoms with van der Waals surface area (Å²) in [7, 11) is 0. The number of benzene rings is 1. The first kappa shape index (κ1) is 21.3. The molecule has 3 aromatic heterocycles. The standard InChI is InChI=1S/C23H14BrF3N4O2/c24-17-18(23(25,26)27)29-20-16(4-2-11-30(20)22(17)33)13-5-7-15(8-6-13)21(32)31-12-9-14-3-1-10-28-19(14)31/h1-8,10-11H,9,12H2. The quantitative estimate of drug-likeness (QED) is 0.387. The van der Waals surface area contributed by atoms with Gasteiger partial charge in [0, 0.05) is 30.1 Å². The van der Waals surface area contributed by atoms with E-state index in [1.54, 1.807) is 47.5 Å². The number of anilines is 1. The number of hydrogen-bond donors (Lipinski definition) is 0. The minimum Gasteiger partial charge on any atom is -0.292 e. The van der Waals surface area contributed by atoms with Gasteiger partial charge in [-0.3, -0.25) is 18.9 Å². The fraction of sp³-hybridized carbons (Fsp3) is 0.130. The molecule has 0 fully saturated rings. The molecule has 1 aromatic carbocycles. The van der Waals surface area contributed by atoms with Gasteiger partial charge in [0.2, 0.25) is 0 Å². The summed E-state index contributed by atoms with van der Waals surface area (Å²) in [5.41, 5.74) is -0.00247. The van der Waals surface area contributed by atoms with E-state index in [0.717, 1.165) is 16.4 Å². The van der Waals surface area contributed by atoms with Gasteiger partial charge in [-0.15, -0.1) is 0 Å². The van der Waals surface area contributed by atoms with Gasteiger partial charge in [0.25, 0.3) is 11.5 Å². The average Bonchev–Trinajstić information content (AvgIpc) is 3.24. The molecule has 5 rings (SSSR count). The van der Waals surface area contributed by atoms with Crippen molar-refractivity contribution in [3.05, 3.63) is 92.6 Å². The molecule has 6 nitrogen and oxygen atoms in total. The lowest BCUT2D eigenvalue weighted by molar-refractivity contribution is -0.141. The number of hydrogen-bond acceptors (Lipinski definition) is 4. The SMILES string of the molecule is O=C(c1ccc(-c2cccn3c(=O)c(Br)c(C(F)(F)F)nc23)cc1)N1CCc2cccnc21. The van der Waals surface area contributed by atoms with Crippen LogP contribution in [0.1, 0.15) is 21.6 Å². The lowest BCUT2D eigenvalue weighted by Gasteiger charge is -2.16. The Morgan fingerprint density at radius 2 is 1.82 bits per heavy atom. The molecule has 0 unspecified atom stereocenters. The molecule has 33 heavy (non-hydrogen) atoms. The van der Waals surface area contributed by atoms with E-state index in [1.165, 1.54) is 6.20 Å². The molecule has 1 aliphatic rings. The maximum absolute atomic E-state index is 13.4. The first-order valence-corrected chi connectivity index (χ1v) is 10.7. The van der Waals surface area contributed by atoms with Crippen molar-refractivity contribution in [3.8, 4) is 11.1 Å².